The summed E-state index contributed by atoms with van der Waals surface area (Å²) in [7, 11) is 1.50. The second kappa shape index (κ2) is 7.09. The van der Waals surface area contributed by atoms with E-state index in [2.05, 4.69) is 0 Å². The monoisotopic (exact) mass is 356 g/mol. The van der Waals surface area contributed by atoms with Crippen LogP contribution in [0, 0.1) is 0 Å². The van der Waals surface area contributed by atoms with Gasteiger partial charge < -0.3 is 23.7 Å². The van der Waals surface area contributed by atoms with Crippen molar-refractivity contribution in [3.63, 3.8) is 0 Å². The van der Waals surface area contributed by atoms with E-state index in [1.807, 2.05) is 26.0 Å². The molecule has 1 aliphatic heterocycles. The molecule has 2 aromatic rings. The average Bonchev–Trinajstić information content (AvgIpc) is 3.10. The van der Waals surface area contributed by atoms with E-state index >= 15 is 0 Å². The molecular formula is C20H20O6. The van der Waals surface area contributed by atoms with Gasteiger partial charge in [0.05, 0.1) is 11.8 Å². The summed E-state index contributed by atoms with van der Waals surface area (Å²) in [5, 5.41) is 10.4. The first kappa shape index (κ1) is 17.8. The van der Waals surface area contributed by atoms with Gasteiger partial charge in [-0.15, -0.1) is 0 Å². The maximum atomic E-state index is 12.7. The summed E-state index contributed by atoms with van der Waals surface area (Å²) in [6.45, 7) is 3.73. The summed E-state index contributed by atoms with van der Waals surface area (Å²) in [6, 6.07) is 4.84. The minimum atomic E-state index is -0.626. The zero-order valence-corrected chi connectivity index (χ0v) is 14.8. The minimum absolute atomic E-state index is 0.00873. The second-order valence-corrected chi connectivity index (χ2v) is 6.31. The standard InChI is InChI=1S/C20H20O6/c1-20(2)9-8-14-17(25-12-23-3)11-16(22)18(19(14)26-20)15(21)7-6-13-5-4-10-24-13/h4-11,22H,12H2,1-3H3/b7-6+. The number of ether oxygens (including phenoxy) is 3. The van der Waals surface area contributed by atoms with E-state index in [0.717, 1.165) is 0 Å². The lowest BCUT2D eigenvalue weighted by molar-refractivity contribution is 0.0502. The van der Waals surface area contributed by atoms with E-state index in [1.165, 1.54) is 31.6 Å². The number of fused-ring (bicyclic) bond motifs is 1. The van der Waals surface area contributed by atoms with E-state index in [0.29, 0.717) is 17.1 Å². The summed E-state index contributed by atoms with van der Waals surface area (Å²) >= 11 is 0. The van der Waals surface area contributed by atoms with Crippen LogP contribution >= 0.6 is 0 Å². The molecule has 26 heavy (non-hydrogen) atoms. The number of benzene rings is 1. The summed E-state index contributed by atoms with van der Waals surface area (Å²) in [5.41, 5.74) is 0.0259. The van der Waals surface area contributed by atoms with Crippen molar-refractivity contribution in [2.24, 2.45) is 0 Å². The number of rotatable bonds is 6. The number of ketones is 1. The van der Waals surface area contributed by atoms with Crippen molar-refractivity contribution in [3.8, 4) is 17.2 Å². The Bertz CT molecular complexity index is 859. The van der Waals surface area contributed by atoms with Crippen molar-refractivity contribution in [2.45, 2.75) is 19.4 Å². The second-order valence-electron chi connectivity index (χ2n) is 6.31. The van der Waals surface area contributed by atoms with Gasteiger partial charge in [0.25, 0.3) is 0 Å². The molecule has 1 aromatic carbocycles. The van der Waals surface area contributed by atoms with Gasteiger partial charge in [-0.05, 0) is 50.3 Å². The van der Waals surface area contributed by atoms with Gasteiger partial charge in [0.1, 0.15) is 34.2 Å². The van der Waals surface area contributed by atoms with Gasteiger partial charge in [-0.3, -0.25) is 4.79 Å². The van der Waals surface area contributed by atoms with Gasteiger partial charge in [0, 0.05) is 13.2 Å². The van der Waals surface area contributed by atoms with Crippen molar-refractivity contribution in [3.05, 3.63) is 53.5 Å². The third-order valence-corrected chi connectivity index (χ3v) is 3.80. The molecule has 6 nitrogen and oxygen atoms in total. The van der Waals surface area contributed by atoms with E-state index in [-0.39, 0.29) is 23.9 Å². The van der Waals surface area contributed by atoms with Crippen LogP contribution in [0.15, 0.2) is 41.0 Å². The van der Waals surface area contributed by atoms with E-state index in [9.17, 15) is 9.90 Å². The quantitative estimate of drug-likeness (QED) is 0.478. The molecule has 6 heteroatoms. The SMILES string of the molecule is COCOc1cc(O)c(C(=O)/C=C/c2ccco2)c2c1C=CC(C)(C)O2. The van der Waals surface area contributed by atoms with Crippen molar-refractivity contribution in [2.75, 3.05) is 13.9 Å². The smallest absolute Gasteiger partial charge is 0.193 e. The molecule has 0 atom stereocenters. The Labute approximate surface area is 151 Å². The third kappa shape index (κ3) is 3.65. The van der Waals surface area contributed by atoms with Crippen molar-refractivity contribution in [1.29, 1.82) is 0 Å². The largest absolute Gasteiger partial charge is 0.507 e. The van der Waals surface area contributed by atoms with Gasteiger partial charge >= 0.3 is 0 Å². The maximum Gasteiger partial charge on any atom is 0.193 e. The lowest BCUT2D eigenvalue weighted by Crippen LogP contribution is -2.28. The molecule has 0 unspecified atom stereocenters. The Kier molecular flexibility index (Phi) is 4.86. The van der Waals surface area contributed by atoms with Crippen LogP contribution in [0.4, 0.5) is 0 Å². The highest BCUT2D eigenvalue weighted by atomic mass is 16.7. The highest BCUT2D eigenvalue weighted by Crippen LogP contribution is 2.44. The number of furan rings is 1. The summed E-state index contributed by atoms with van der Waals surface area (Å²) in [5.74, 6) is 0.554. The van der Waals surface area contributed by atoms with Crippen LogP contribution in [0.2, 0.25) is 0 Å². The molecular weight excluding hydrogens is 336 g/mol. The molecule has 0 spiro atoms. The molecule has 1 N–H and O–H groups in total. The first-order valence-electron chi connectivity index (χ1n) is 8.07. The Balaban J connectivity index is 2.05. The topological polar surface area (TPSA) is 78.1 Å². The highest BCUT2D eigenvalue weighted by Gasteiger charge is 2.30. The number of phenolic OH excluding ortho intramolecular Hbond substituents is 1. The Morgan fingerprint density at radius 2 is 2.19 bits per heavy atom. The van der Waals surface area contributed by atoms with Crippen molar-refractivity contribution < 1.29 is 28.5 Å². The first-order valence-corrected chi connectivity index (χ1v) is 8.07. The molecule has 0 saturated carbocycles. The zero-order chi connectivity index (χ0) is 18.7. The summed E-state index contributed by atoms with van der Waals surface area (Å²) < 4.78 is 21.6. The molecule has 0 amide bonds. The molecule has 2 heterocycles. The van der Waals surface area contributed by atoms with Crippen LogP contribution in [0.1, 0.15) is 35.5 Å². The van der Waals surface area contributed by atoms with Crippen LogP contribution in [0.3, 0.4) is 0 Å². The van der Waals surface area contributed by atoms with Crippen molar-refractivity contribution >= 4 is 17.9 Å². The van der Waals surface area contributed by atoms with Gasteiger partial charge in [-0.25, -0.2) is 0 Å². The fourth-order valence-corrected chi connectivity index (χ4v) is 2.59. The third-order valence-electron chi connectivity index (χ3n) is 3.80. The molecule has 3 rings (SSSR count). The van der Waals surface area contributed by atoms with E-state index in [4.69, 9.17) is 18.6 Å². The number of carbonyl (C=O) groups is 1. The predicted octanol–water partition coefficient (Wildman–Crippen LogP) is 4.05. The summed E-state index contributed by atoms with van der Waals surface area (Å²) in [6.07, 6.45) is 8.06. The first-order chi connectivity index (χ1) is 12.4. The van der Waals surface area contributed by atoms with Crippen LogP contribution in [0.25, 0.3) is 12.2 Å². The van der Waals surface area contributed by atoms with Crippen LogP contribution < -0.4 is 9.47 Å². The normalized spacial score (nSPS) is 14.9. The van der Waals surface area contributed by atoms with E-state index in [1.54, 1.807) is 12.1 Å². The van der Waals surface area contributed by atoms with Crippen molar-refractivity contribution in [1.82, 2.24) is 0 Å². The lowest BCUT2D eigenvalue weighted by Gasteiger charge is -2.30. The highest BCUT2D eigenvalue weighted by molar-refractivity contribution is 6.11. The van der Waals surface area contributed by atoms with Gasteiger partial charge in [-0.2, -0.15) is 0 Å². The van der Waals surface area contributed by atoms with Crippen LogP contribution in [-0.4, -0.2) is 30.4 Å². The fraction of sp³-hybridized carbons (Fsp3) is 0.250. The number of aromatic hydroxyl groups is 1. The Hall–Kier alpha value is -2.99. The molecule has 1 aromatic heterocycles. The molecule has 1 aliphatic rings. The molecule has 0 aliphatic carbocycles. The van der Waals surface area contributed by atoms with E-state index < -0.39 is 11.4 Å². The number of hydrogen-bond acceptors (Lipinski definition) is 6. The number of methoxy groups -OCH3 is 1. The molecule has 0 radical (unpaired) electrons. The molecule has 0 saturated heterocycles. The van der Waals surface area contributed by atoms with Crippen LogP contribution in [-0.2, 0) is 4.74 Å². The fourth-order valence-electron chi connectivity index (χ4n) is 2.59. The molecule has 0 fully saturated rings. The maximum absolute atomic E-state index is 12.7. The van der Waals surface area contributed by atoms with Gasteiger partial charge in [-0.1, -0.05) is 0 Å². The zero-order valence-electron chi connectivity index (χ0n) is 14.8. The van der Waals surface area contributed by atoms with Crippen LogP contribution in [0.5, 0.6) is 17.2 Å². The van der Waals surface area contributed by atoms with Gasteiger partial charge in [0.2, 0.25) is 0 Å². The average molecular weight is 356 g/mol. The molecule has 0 bridgehead atoms. The minimum Gasteiger partial charge on any atom is -0.507 e. The number of carbonyl (C=O) groups excluding carboxylic acids is 1. The Morgan fingerprint density at radius 1 is 1.38 bits per heavy atom. The number of allylic oxidation sites excluding steroid dienone is 1. The number of phenols is 1. The number of hydrogen-bond donors (Lipinski definition) is 1. The molecule has 136 valence electrons. The summed E-state index contributed by atoms with van der Waals surface area (Å²) in [4.78, 5) is 12.7. The Morgan fingerprint density at radius 3 is 2.88 bits per heavy atom. The lowest BCUT2D eigenvalue weighted by atomic mass is 9.96. The van der Waals surface area contributed by atoms with Gasteiger partial charge in [0.15, 0.2) is 12.6 Å². The predicted molar refractivity (Wildman–Crippen MR) is 96.4 cm³/mol.